The van der Waals surface area contributed by atoms with E-state index < -0.39 is 133 Å². The number of carbonyl (C=O) groups excluding carboxylic acids is 8. The van der Waals surface area contributed by atoms with Crippen LogP contribution in [0.5, 0.6) is 0 Å². The van der Waals surface area contributed by atoms with Gasteiger partial charge in [-0.15, -0.1) is 0 Å². The summed E-state index contributed by atoms with van der Waals surface area (Å²) in [5, 5.41) is 33.8. The van der Waals surface area contributed by atoms with Crippen molar-refractivity contribution in [1.82, 2.24) is 36.8 Å². The van der Waals surface area contributed by atoms with Crippen molar-refractivity contribution in [2.24, 2.45) is 11.8 Å². The number of benzene rings is 2. The predicted octanol–water partition coefficient (Wildman–Crippen LogP) is 1.34. The van der Waals surface area contributed by atoms with E-state index in [-0.39, 0.29) is 32.5 Å². The highest BCUT2D eigenvalue weighted by Gasteiger charge is 2.45. The summed E-state index contributed by atoms with van der Waals surface area (Å²) in [6, 6.07) is 9.95. The summed E-state index contributed by atoms with van der Waals surface area (Å²) in [6.45, 7) is 9.72. The fourth-order valence-corrected chi connectivity index (χ4v) is 7.38. The number of Topliss-reactive ketones (excluding diaryl/α,β-unsaturated/α-hetero) is 1. The number of carboxylic acids is 2. The number of nitrogens with one attached hydrogen (secondary N) is 6. The number of amides is 7. The zero-order valence-corrected chi connectivity index (χ0v) is 38.9. The molecule has 8 atom stereocenters. The molecule has 20 heteroatoms. The fraction of sp³-hybridized carbons (Fsp3) is 0.532. The number of hydrogen-bond acceptors (Lipinski definition) is 11. The number of rotatable bonds is 27. The quantitative estimate of drug-likeness (QED) is 0.0588. The van der Waals surface area contributed by atoms with Crippen LogP contribution >= 0.6 is 0 Å². The van der Waals surface area contributed by atoms with Crippen LogP contribution in [-0.2, 0) is 65.8 Å². The van der Waals surface area contributed by atoms with Crippen LogP contribution in [0.15, 0.2) is 60.7 Å². The molecule has 67 heavy (non-hydrogen) atoms. The van der Waals surface area contributed by atoms with Gasteiger partial charge in [-0.1, -0.05) is 108 Å². The Bertz CT molecular complexity index is 2040. The topological polar surface area (TPSA) is 296 Å². The Morgan fingerprint density at radius 2 is 1.30 bits per heavy atom. The van der Waals surface area contributed by atoms with Crippen LogP contribution in [0.4, 0.5) is 0 Å². The van der Waals surface area contributed by atoms with Crippen molar-refractivity contribution in [2.75, 3.05) is 6.54 Å². The molecule has 0 radical (unpaired) electrons. The molecular weight excluding hydrogens is 871 g/mol. The molecule has 3 rings (SSSR count). The second-order valence-electron chi connectivity index (χ2n) is 17.0. The van der Waals surface area contributed by atoms with Crippen molar-refractivity contribution < 1.29 is 62.9 Å². The number of aliphatic carboxylic acids is 2. The maximum atomic E-state index is 14.7. The molecule has 2 aromatic rings. The molecule has 0 saturated carbocycles. The first-order valence-electron chi connectivity index (χ1n) is 22.5. The van der Waals surface area contributed by atoms with E-state index in [0.29, 0.717) is 12.8 Å². The Labute approximate surface area is 390 Å². The molecule has 1 fully saturated rings. The van der Waals surface area contributed by atoms with E-state index in [9.17, 15) is 58.2 Å². The zero-order valence-electron chi connectivity index (χ0n) is 38.9. The van der Waals surface area contributed by atoms with Gasteiger partial charge in [-0.25, -0.2) is 0 Å². The summed E-state index contributed by atoms with van der Waals surface area (Å²) in [4.78, 5) is 133. The van der Waals surface area contributed by atoms with Gasteiger partial charge in [-0.2, -0.15) is 0 Å². The number of ether oxygens (including phenoxy) is 1. The first-order chi connectivity index (χ1) is 31.7. The highest BCUT2D eigenvalue weighted by atomic mass is 16.5. The van der Waals surface area contributed by atoms with Gasteiger partial charge in [-0.3, -0.25) is 47.9 Å². The Morgan fingerprint density at radius 3 is 1.85 bits per heavy atom. The summed E-state index contributed by atoms with van der Waals surface area (Å²) in [6.07, 6.45) is -1.68. The number of carbonyl (C=O) groups is 10. The molecule has 1 saturated heterocycles. The van der Waals surface area contributed by atoms with Crippen LogP contribution in [0.1, 0.15) is 97.6 Å². The largest absolute Gasteiger partial charge is 0.481 e. The molecule has 0 aromatic heterocycles. The standard InChI is InChI=1S/C47H65N7O13/c1-7-15-33(41(60)46(65)48-24-30-16-11-9-12-17-30)50-44(63)36-22-32(67-26-31-18-13-10-14-19-31)25-54(36)47(66)39(27(3)4)52-45(64)40(28(5)8-2)53-42(61)34(20-21-37(56)57)51-43(62)35(23-38(58)59)49-29(6)55/h9-14,16-19,27-28,32-36,39-40H,7-8,15,20-26H2,1-6H3,(H,48,65)(H,49,55)(H,50,63)(H,51,62)(H,52,64)(H,53,61)(H,56,57)(H,58,59)/t28-,32+,33-,34+,35-,36-,39-,40-/m0/s1. The molecule has 0 unspecified atom stereocenters. The monoisotopic (exact) mass is 935 g/mol. The summed E-state index contributed by atoms with van der Waals surface area (Å²) >= 11 is 0. The van der Waals surface area contributed by atoms with Crippen molar-refractivity contribution in [3.8, 4) is 0 Å². The van der Waals surface area contributed by atoms with Gasteiger partial charge in [0.25, 0.3) is 5.91 Å². The van der Waals surface area contributed by atoms with E-state index in [0.717, 1.165) is 18.1 Å². The highest BCUT2D eigenvalue weighted by molar-refractivity contribution is 6.38. The smallest absolute Gasteiger partial charge is 0.305 e. The second-order valence-corrected chi connectivity index (χ2v) is 17.0. The number of nitrogens with zero attached hydrogens (tertiary/aromatic N) is 1. The molecule has 366 valence electrons. The van der Waals surface area contributed by atoms with E-state index in [1.807, 2.05) is 36.4 Å². The maximum Gasteiger partial charge on any atom is 0.305 e. The van der Waals surface area contributed by atoms with Crippen LogP contribution in [-0.4, -0.2) is 123 Å². The van der Waals surface area contributed by atoms with Crippen molar-refractivity contribution >= 4 is 59.1 Å². The van der Waals surface area contributed by atoms with E-state index in [2.05, 4.69) is 31.9 Å². The van der Waals surface area contributed by atoms with Gasteiger partial charge in [-0.05, 0) is 35.8 Å². The normalized spacial score (nSPS) is 17.1. The van der Waals surface area contributed by atoms with Gasteiger partial charge in [0.15, 0.2) is 0 Å². The van der Waals surface area contributed by atoms with Gasteiger partial charge in [0, 0.05) is 32.9 Å². The van der Waals surface area contributed by atoms with Gasteiger partial charge in [0.05, 0.1) is 25.2 Å². The molecule has 0 aliphatic carbocycles. The molecule has 0 bridgehead atoms. The average molecular weight is 936 g/mol. The minimum absolute atomic E-state index is 0.0146. The van der Waals surface area contributed by atoms with E-state index in [1.165, 1.54) is 4.90 Å². The van der Waals surface area contributed by atoms with Crippen molar-refractivity contribution in [2.45, 2.75) is 142 Å². The minimum atomic E-state index is -1.61. The third-order valence-corrected chi connectivity index (χ3v) is 11.3. The van der Waals surface area contributed by atoms with Gasteiger partial charge in [0.1, 0.15) is 30.2 Å². The Balaban J connectivity index is 1.89. The van der Waals surface area contributed by atoms with Gasteiger partial charge < -0.3 is 51.8 Å². The summed E-state index contributed by atoms with van der Waals surface area (Å²) in [5.41, 5.74) is 1.61. The van der Waals surface area contributed by atoms with Gasteiger partial charge >= 0.3 is 11.9 Å². The summed E-state index contributed by atoms with van der Waals surface area (Å²) in [7, 11) is 0. The number of ketones is 1. The highest BCUT2D eigenvalue weighted by Crippen LogP contribution is 2.25. The lowest BCUT2D eigenvalue weighted by Crippen LogP contribution is -2.61. The molecule has 2 aromatic carbocycles. The Kier molecular flexibility index (Phi) is 22.1. The van der Waals surface area contributed by atoms with Crippen molar-refractivity contribution in [1.29, 1.82) is 0 Å². The van der Waals surface area contributed by atoms with Crippen LogP contribution < -0.4 is 31.9 Å². The van der Waals surface area contributed by atoms with Crippen LogP contribution in [0.3, 0.4) is 0 Å². The predicted molar refractivity (Wildman–Crippen MR) is 242 cm³/mol. The molecule has 7 amide bonds. The first-order valence-corrected chi connectivity index (χ1v) is 22.5. The second kappa shape index (κ2) is 27.1. The lowest BCUT2D eigenvalue weighted by Gasteiger charge is -2.33. The van der Waals surface area contributed by atoms with Crippen LogP contribution in [0, 0.1) is 11.8 Å². The SMILES string of the molecule is CCC[C@H](NC(=O)[C@@H]1C[C@@H](OCc2ccccc2)CN1C(=O)[C@@H](NC(=O)[C@@H](NC(=O)[C@@H](CCC(=O)O)NC(=O)[C@H](CC(=O)O)NC(C)=O)[C@@H](C)CC)C(C)C)C(=O)C(=O)NCc1ccccc1. The summed E-state index contributed by atoms with van der Waals surface area (Å²) in [5.74, 6) is -10.7. The van der Waals surface area contributed by atoms with Crippen LogP contribution in [0.2, 0.25) is 0 Å². The molecule has 1 heterocycles. The number of hydrogen-bond donors (Lipinski definition) is 8. The molecular formula is C47H65N7O13. The van der Waals surface area contributed by atoms with Crippen molar-refractivity contribution in [3.63, 3.8) is 0 Å². The Hall–Kier alpha value is -6.70. The fourth-order valence-electron chi connectivity index (χ4n) is 7.38. The summed E-state index contributed by atoms with van der Waals surface area (Å²) < 4.78 is 6.19. The number of likely N-dealkylation sites (tertiary alicyclic amines) is 1. The average Bonchev–Trinajstić information content (AvgIpc) is 3.73. The molecule has 20 nitrogen and oxygen atoms in total. The van der Waals surface area contributed by atoms with Crippen LogP contribution in [0.25, 0.3) is 0 Å². The molecule has 1 aliphatic rings. The molecule has 1 aliphatic heterocycles. The third-order valence-electron chi connectivity index (χ3n) is 11.3. The minimum Gasteiger partial charge on any atom is -0.481 e. The Morgan fingerprint density at radius 1 is 0.701 bits per heavy atom. The van der Waals surface area contributed by atoms with E-state index in [4.69, 9.17) is 4.74 Å². The maximum absolute atomic E-state index is 14.7. The third kappa shape index (κ3) is 17.6. The molecule has 8 N–H and O–H groups in total. The lowest BCUT2D eigenvalue weighted by molar-refractivity contribution is -0.144. The number of carboxylic acid groups (broad SMARTS) is 2. The zero-order chi connectivity index (χ0) is 49.8. The van der Waals surface area contributed by atoms with Crippen molar-refractivity contribution in [3.05, 3.63) is 71.8 Å². The van der Waals surface area contributed by atoms with E-state index in [1.54, 1.807) is 58.9 Å². The first kappa shape index (κ1) is 54.6. The van der Waals surface area contributed by atoms with E-state index >= 15 is 0 Å². The van der Waals surface area contributed by atoms with Gasteiger partial charge in [0.2, 0.25) is 41.2 Å². The lowest BCUT2D eigenvalue weighted by atomic mass is 9.95. The molecule has 0 spiro atoms.